The number of carboxylic acid groups (broad SMARTS) is 2. The van der Waals surface area contributed by atoms with Gasteiger partial charge in [0, 0.05) is 10.9 Å². The molecule has 0 aromatic heterocycles. The highest BCUT2D eigenvalue weighted by molar-refractivity contribution is 6.30. The van der Waals surface area contributed by atoms with Crippen molar-refractivity contribution in [1.82, 2.24) is 0 Å². The third-order valence-corrected chi connectivity index (χ3v) is 3.84. The van der Waals surface area contributed by atoms with Crippen LogP contribution >= 0.6 is 11.6 Å². The van der Waals surface area contributed by atoms with Gasteiger partial charge >= 0.3 is 11.9 Å². The number of carboxylic acids is 2. The first-order valence-electron chi connectivity index (χ1n) is 6.97. The quantitative estimate of drug-likeness (QED) is 0.753. The highest BCUT2D eigenvalue weighted by Gasteiger charge is 2.18. The van der Waals surface area contributed by atoms with Gasteiger partial charge in [-0.25, -0.2) is 4.79 Å². The molecule has 2 aromatic rings. The molecule has 0 saturated heterocycles. The van der Waals surface area contributed by atoms with Crippen LogP contribution in [-0.2, 0) is 4.79 Å². The van der Waals surface area contributed by atoms with E-state index in [4.69, 9.17) is 27.5 Å². The van der Waals surface area contributed by atoms with Crippen molar-refractivity contribution < 1.29 is 19.8 Å². The van der Waals surface area contributed by atoms with Crippen molar-refractivity contribution in [3.8, 4) is 11.1 Å². The van der Waals surface area contributed by atoms with E-state index in [9.17, 15) is 9.59 Å². The first-order chi connectivity index (χ1) is 10.9. The summed E-state index contributed by atoms with van der Waals surface area (Å²) in [6.45, 7) is 0.189. The predicted octanol–water partition coefficient (Wildman–Crippen LogP) is 3.22. The van der Waals surface area contributed by atoms with Gasteiger partial charge in [0.05, 0.1) is 12.0 Å². The molecule has 1 atom stereocenters. The Morgan fingerprint density at radius 3 is 2.26 bits per heavy atom. The topological polar surface area (TPSA) is 101 Å². The Kier molecular flexibility index (Phi) is 5.36. The van der Waals surface area contributed by atoms with Crippen LogP contribution in [0.5, 0.6) is 0 Å². The lowest BCUT2D eigenvalue weighted by molar-refractivity contribution is -0.137. The Labute approximate surface area is 138 Å². The molecule has 0 amide bonds. The summed E-state index contributed by atoms with van der Waals surface area (Å²) in [5.74, 6) is -2.28. The summed E-state index contributed by atoms with van der Waals surface area (Å²) < 4.78 is 0. The van der Waals surface area contributed by atoms with Crippen molar-refractivity contribution in [2.45, 2.75) is 12.3 Å². The molecule has 0 heterocycles. The van der Waals surface area contributed by atoms with E-state index in [1.807, 2.05) is 0 Å². The van der Waals surface area contributed by atoms with Crippen LogP contribution in [0.2, 0.25) is 5.02 Å². The molecule has 0 fully saturated rings. The van der Waals surface area contributed by atoms with Gasteiger partial charge in [0.1, 0.15) is 0 Å². The standard InChI is InChI=1S/C17H16ClNO4/c18-13-5-6-14(12(9-19)7-16(20)21)15(8-13)10-1-3-11(4-2-10)17(22)23/h1-6,8,12H,7,9,19H2,(H,20,21)(H,22,23). The number of nitrogens with two attached hydrogens (primary N) is 1. The number of rotatable bonds is 6. The fraction of sp³-hybridized carbons (Fsp3) is 0.176. The predicted molar refractivity (Wildman–Crippen MR) is 87.9 cm³/mol. The molecule has 120 valence electrons. The summed E-state index contributed by atoms with van der Waals surface area (Å²) in [6.07, 6.45) is -0.0850. The number of aromatic carboxylic acids is 1. The number of hydrogen-bond donors (Lipinski definition) is 3. The number of carbonyl (C=O) groups is 2. The smallest absolute Gasteiger partial charge is 0.335 e. The Morgan fingerprint density at radius 2 is 1.74 bits per heavy atom. The molecule has 2 rings (SSSR count). The summed E-state index contributed by atoms with van der Waals surface area (Å²) in [7, 11) is 0. The third-order valence-electron chi connectivity index (χ3n) is 3.60. The van der Waals surface area contributed by atoms with Crippen LogP contribution in [0.1, 0.15) is 28.3 Å². The average Bonchev–Trinajstić information content (AvgIpc) is 2.52. The van der Waals surface area contributed by atoms with E-state index >= 15 is 0 Å². The zero-order valence-corrected chi connectivity index (χ0v) is 13.0. The van der Waals surface area contributed by atoms with Crippen molar-refractivity contribution in [3.63, 3.8) is 0 Å². The Bertz CT molecular complexity index is 728. The Morgan fingerprint density at radius 1 is 1.09 bits per heavy atom. The van der Waals surface area contributed by atoms with Gasteiger partial charge in [0.2, 0.25) is 0 Å². The van der Waals surface area contributed by atoms with Crippen LogP contribution in [-0.4, -0.2) is 28.7 Å². The Balaban J connectivity index is 2.49. The molecule has 0 saturated carbocycles. The van der Waals surface area contributed by atoms with Crippen LogP contribution in [0.15, 0.2) is 42.5 Å². The van der Waals surface area contributed by atoms with Gasteiger partial charge in [-0.2, -0.15) is 0 Å². The van der Waals surface area contributed by atoms with Crippen LogP contribution in [0.4, 0.5) is 0 Å². The van der Waals surface area contributed by atoms with Gasteiger partial charge < -0.3 is 15.9 Å². The summed E-state index contributed by atoms with van der Waals surface area (Å²) in [5, 5.41) is 18.5. The zero-order valence-electron chi connectivity index (χ0n) is 12.2. The Hall–Kier alpha value is -2.37. The molecule has 2 aromatic carbocycles. The molecule has 1 unspecified atom stereocenters. The van der Waals surface area contributed by atoms with Crippen molar-refractivity contribution >= 4 is 23.5 Å². The largest absolute Gasteiger partial charge is 0.481 e. The summed E-state index contributed by atoms with van der Waals surface area (Å²) in [4.78, 5) is 22.0. The van der Waals surface area contributed by atoms with Gasteiger partial charge in [-0.15, -0.1) is 0 Å². The highest BCUT2D eigenvalue weighted by atomic mass is 35.5. The van der Waals surface area contributed by atoms with Gasteiger partial charge in [-0.1, -0.05) is 29.8 Å². The average molecular weight is 334 g/mol. The van der Waals surface area contributed by atoms with Gasteiger partial charge in [-0.3, -0.25) is 4.79 Å². The number of benzene rings is 2. The van der Waals surface area contributed by atoms with E-state index in [0.717, 1.165) is 16.7 Å². The van der Waals surface area contributed by atoms with E-state index < -0.39 is 11.9 Å². The minimum Gasteiger partial charge on any atom is -0.481 e. The second-order valence-corrected chi connectivity index (χ2v) is 5.58. The monoisotopic (exact) mass is 333 g/mol. The first kappa shape index (κ1) is 17.0. The van der Waals surface area contributed by atoms with E-state index in [1.165, 1.54) is 12.1 Å². The fourth-order valence-corrected chi connectivity index (χ4v) is 2.63. The van der Waals surface area contributed by atoms with Crippen LogP contribution < -0.4 is 5.73 Å². The molecule has 0 aliphatic rings. The molecule has 0 bridgehead atoms. The van der Waals surface area contributed by atoms with Gasteiger partial charge in [0.15, 0.2) is 0 Å². The maximum atomic E-state index is 11.0. The third kappa shape index (κ3) is 4.09. The number of halogens is 1. The van der Waals surface area contributed by atoms with E-state index in [2.05, 4.69) is 0 Å². The van der Waals surface area contributed by atoms with Crippen molar-refractivity contribution in [3.05, 3.63) is 58.6 Å². The molecule has 23 heavy (non-hydrogen) atoms. The van der Waals surface area contributed by atoms with E-state index in [0.29, 0.717) is 5.02 Å². The van der Waals surface area contributed by atoms with E-state index in [-0.39, 0.29) is 24.4 Å². The van der Waals surface area contributed by atoms with Crippen molar-refractivity contribution in [2.75, 3.05) is 6.54 Å². The summed E-state index contributed by atoms with van der Waals surface area (Å²) in [5.41, 5.74) is 8.20. The maximum absolute atomic E-state index is 11.0. The fourth-order valence-electron chi connectivity index (χ4n) is 2.46. The number of aliphatic carboxylic acids is 1. The van der Waals surface area contributed by atoms with Crippen LogP contribution in [0.25, 0.3) is 11.1 Å². The van der Waals surface area contributed by atoms with Crippen molar-refractivity contribution in [1.29, 1.82) is 0 Å². The highest BCUT2D eigenvalue weighted by Crippen LogP contribution is 2.33. The summed E-state index contributed by atoms with van der Waals surface area (Å²) in [6, 6.07) is 11.5. The molecule has 0 aliphatic carbocycles. The maximum Gasteiger partial charge on any atom is 0.335 e. The lowest BCUT2D eigenvalue weighted by Crippen LogP contribution is -2.17. The normalized spacial score (nSPS) is 11.9. The van der Waals surface area contributed by atoms with E-state index in [1.54, 1.807) is 30.3 Å². The van der Waals surface area contributed by atoms with Gasteiger partial charge in [0.25, 0.3) is 0 Å². The number of hydrogen-bond acceptors (Lipinski definition) is 3. The second-order valence-electron chi connectivity index (χ2n) is 5.14. The molecule has 0 aliphatic heterocycles. The SMILES string of the molecule is NCC(CC(=O)O)c1ccc(Cl)cc1-c1ccc(C(=O)O)cc1. The molecular formula is C17H16ClNO4. The molecular weight excluding hydrogens is 318 g/mol. The minimum atomic E-state index is -1.01. The van der Waals surface area contributed by atoms with Crippen LogP contribution in [0, 0.1) is 0 Å². The molecule has 0 spiro atoms. The lowest BCUT2D eigenvalue weighted by atomic mass is 9.88. The molecule has 6 heteroatoms. The first-order valence-corrected chi connectivity index (χ1v) is 7.35. The summed E-state index contributed by atoms with van der Waals surface area (Å²) >= 11 is 6.06. The minimum absolute atomic E-state index is 0.0850. The lowest BCUT2D eigenvalue weighted by Gasteiger charge is -2.18. The zero-order chi connectivity index (χ0) is 17.0. The molecule has 4 N–H and O–H groups in total. The van der Waals surface area contributed by atoms with Gasteiger partial charge in [-0.05, 0) is 47.5 Å². The molecule has 5 nitrogen and oxygen atoms in total. The van der Waals surface area contributed by atoms with Crippen molar-refractivity contribution in [2.24, 2.45) is 5.73 Å². The second kappa shape index (κ2) is 7.26. The molecule has 0 radical (unpaired) electrons. The van der Waals surface area contributed by atoms with Crippen LogP contribution in [0.3, 0.4) is 0 Å².